The van der Waals surface area contributed by atoms with E-state index in [0.29, 0.717) is 22.2 Å². The molecule has 0 unspecified atom stereocenters. The zero-order valence-electron chi connectivity index (χ0n) is 17.1. The molecule has 8 nitrogen and oxygen atoms in total. The van der Waals surface area contributed by atoms with E-state index in [1.54, 1.807) is 12.1 Å². The zero-order chi connectivity index (χ0) is 22.2. The number of carbonyl (C=O) groups excluding carboxylic acids is 2. The van der Waals surface area contributed by atoms with Crippen molar-refractivity contribution in [2.75, 3.05) is 13.2 Å². The lowest BCUT2D eigenvalue weighted by atomic mass is 9.53. The Morgan fingerprint density at radius 2 is 1.65 bits per heavy atom. The van der Waals surface area contributed by atoms with Crippen LogP contribution in [0, 0.1) is 17.8 Å². The quantitative estimate of drug-likeness (QED) is 0.454. The minimum atomic E-state index is -4.04. The van der Waals surface area contributed by atoms with Crippen molar-refractivity contribution in [2.24, 2.45) is 17.8 Å². The number of esters is 1. The van der Waals surface area contributed by atoms with Gasteiger partial charge >= 0.3 is 5.97 Å². The largest absolute Gasteiger partial charge is 0.454 e. The monoisotopic (exact) mass is 514 g/mol. The van der Waals surface area contributed by atoms with E-state index in [1.165, 1.54) is 31.4 Å². The zero-order valence-corrected chi connectivity index (χ0v) is 19.5. The molecule has 0 saturated heterocycles. The minimum Gasteiger partial charge on any atom is -0.454 e. The van der Waals surface area contributed by atoms with Crippen molar-refractivity contribution in [1.82, 2.24) is 10.0 Å². The first kappa shape index (κ1) is 22.7. The molecule has 5 rings (SSSR count). The Labute approximate surface area is 190 Å². The van der Waals surface area contributed by atoms with Crippen molar-refractivity contribution in [3.63, 3.8) is 0 Å². The van der Waals surface area contributed by atoms with E-state index in [0.717, 1.165) is 19.3 Å². The molecule has 1 atom stereocenters. The lowest BCUT2D eigenvalue weighted by molar-refractivity contribution is -0.152. The second-order valence-electron chi connectivity index (χ2n) is 9.16. The first-order valence-electron chi connectivity index (χ1n) is 10.5. The summed E-state index contributed by atoms with van der Waals surface area (Å²) in [5.41, 5.74) is -0.197. The molecule has 4 fully saturated rings. The number of aliphatic hydroxyl groups excluding tert-OH is 1. The summed E-state index contributed by atoms with van der Waals surface area (Å²) in [7, 11) is -4.04. The number of hydrogen-bond donors (Lipinski definition) is 3. The van der Waals surface area contributed by atoms with Crippen LogP contribution in [0.5, 0.6) is 0 Å². The third-order valence-corrected chi connectivity index (χ3v) is 8.69. The van der Waals surface area contributed by atoms with Crippen LogP contribution in [0.2, 0.25) is 0 Å². The summed E-state index contributed by atoms with van der Waals surface area (Å²) < 4.78 is 32.8. The Kier molecular flexibility index (Phi) is 6.44. The average Bonchev–Trinajstić information content (AvgIpc) is 2.69. The number of nitrogens with one attached hydrogen (secondary N) is 2. The fourth-order valence-electron chi connectivity index (χ4n) is 5.86. The second-order valence-corrected chi connectivity index (χ2v) is 11.8. The van der Waals surface area contributed by atoms with Crippen molar-refractivity contribution in [3.05, 3.63) is 28.7 Å². The maximum Gasteiger partial charge on any atom is 0.327 e. The van der Waals surface area contributed by atoms with Crippen molar-refractivity contribution >= 4 is 37.8 Å². The highest BCUT2D eigenvalue weighted by atomic mass is 79.9. The molecule has 31 heavy (non-hydrogen) atoms. The summed E-state index contributed by atoms with van der Waals surface area (Å²) >= 11 is 3.22. The van der Waals surface area contributed by atoms with Crippen LogP contribution in [0.3, 0.4) is 0 Å². The highest BCUT2D eigenvalue weighted by Gasteiger charge is 2.51. The van der Waals surface area contributed by atoms with E-state index >= 15 is 0 Å². The standard InChI is InChI=1S/C21H27BrN2O6S/c22-16-1-3-17(4-2-16)31(28,29)24-18(11-25)20(27)30-12-19(26)23-21-8-13-5-14(9-21)7-15(6-13)10-21/h1-4,13-15,18,24-25H,5-12H2,(H,23,26)/t13?,14?,15?,18-,21?/m1/s1. The molecule has 3 N–H and O–H groups in total. The fraction of sp³-hybridized carbons (Fsp3) is 0.619. The first-order valence-corrected chi connectivity index (χ1v) is 12.8. The summed E-state index contributed by atoms with van der Waals surface area (Å²) in [4.78, 5) is 24.7. The van der Waals surface area contributed by atoms with Crippen LogP contribution in [0.25, 0.3) is 0 Å². The Morgan fingerprint density at radius 1 is 1.10 bits per heavy atom. The molecule has 10 heteroatoms. The van der Waals surface area contributed by atoms with Gasteiger partial charge in [0.15, 0.2) is 6.61 Å². The molecule has 0 heterocycles. The highest BCUT2D eigenvalue weighted by Crippen LogP contribution is 2.55. The van der Waals surface area contributed by atoms with Gasteiger partial charge in [-0.1, -0.05) is 15.9 Å². The topological polar surface area (TPSA) is 122 Å². The van der Waals surface area contributed by atoms with Gasteiger partial charge in [0.1, 0.15) is 6.04 Å². The van der Waals surface area contributed by atoms with E-state index in [-0.39, 0.29) is 16.3 Å². The molecule has 4 bridgehead atoms. The molecule has 0 spiro atoms. The molecule has 1 amide bonds. The van der Waals surface area contributed by atoms with Crippen molar-refractivity contribution in [1.29, 1.82) is 0 Å². The molecule has 0 radical (unpaired) electrons. The molecule has 0 aliphatic heterocycles. The maximum atomic E-state index is 12.5. The summed E-state index contributed by atoms with van der Waals surface area (Å²) in [6.45, 7) is -1.29. The number of rotatable bonds is 8. The molecule has 4 aliphatic carbocycles. The summed E-state index contributed by atoms with van der Waals surface area (Å²) in [5, 5.41) is 12.6. The van der Waals surface area contributed by atoms with Crippen molar-refractivity contribution in [3.8, 4) is 0 Å². The van der Waals surface area contributed by atoms with Gasteiger partial charge in [0.05, 0.1) is 11.5 Å². The Morgan fingerprint density at radius 3 is 2.16 bits per heavy atom. The van der Waals surface area contributed by atoms with Crippen LogP contribution in [0.4, 0.5) is 0 Å². The second kappa shape index (κ2) is 8.80. The van der Waals surface area contributed by atoms with Crippen LogP contribution >= 0.6 is 15.9 Å². The number of amides is 1. The molecular formula is C21H27BrN2O6S. The Bertz CT molecular complexity index is 914. The molecule has 1 aromatic carbocycles. The molecular weight excluding hydrogens is 488 g/mol. The number of carbonyl (C=O) groups is 2. The normalized spacial score (nSPS) is 30.1. The van der Waals surface area contributed by atoms with E-state index < -0.39 is 35.2 Å². The van der Waals surface area contributed by atoms with E-state index in [9.17, 15) is 23.1 Å². The fourth-order valence-corrected chi connectivity index (χ4v) is 7.30. The van der Waals surface area contributed by atoms with Crippen LogP contribution in [0.15, 0.2) is 33.6 Å². The molecule has 0 aromatic heterocycles. The summed E-state index contributed by atoms with van der Waals surface area (Å²) in [6, 6.07) is 4.34. The van der Waals surface area contributed by atoms with E-state index in [1.807, 2.05) is 0 Å². The minimum absolute atomic E-state index is 0.0542. The van der Waals surface area contributed by atoms with Crippen LogP contribution in [0.1, 0.15) is 38.5 Å². The van der Waals surface area contributed by atoms with Crippen molar-refractivity contribution in [2.45, 2.75) is 55.0 Å². The van der Waals surface area contributed by atoms with E-state index in [2.05, 4.69) is 26.0 Å². The number of sulfonamides is 1. The number of hydrogen-bond acceptors (Lipinski definition) is 6. The number of halogens is 1. The van der Waals surface area contributed by atoms with Gasteiger partial charge in [-0.15, -0.1) is 0 Å². The average molecular weight is 515 g/mol. The van der Waals surface area contributed by atoms with Gasteiger partial charge in [0.25, 0.3) is 5.91 Å². The van der Waals surface area contributed by atoms with Crippen LogP contribution < -0.4 is 10.0 Å². The van der Waals surface area contributed by atoms with Gasteiger partial charge in [0, 0.05) is 10.0 Å². The molecule has 4 aliphatic rings. The van der Waals surface area contributed by atoms with Gasteiger partial charge in [0.2, 0.25) is 10.0 Å². The number of benzene rings is 1. The van der Waals surface area contributed by atoms with Gasteiger partial charge in [-0.05, 0) is 80.5 Å². The smallest absolute Gasteiger partial charge is 0.327 e. The first-order chi connectivity index (χ1) is 14.7. The van der Waals surface area contributed by atoms with Crippen LogP contribution in [-0.2, 0) is 24.3 Å². The Balaban J connectivity index is 1.31. The molecule has 170 valence electrons. The number of aliphatic hydroxyl groups is 1. The van der Waals surface area contributed by atoms with Gasteiger partial charge in [-0.25, -0.2) is 8.42 Å². The maximum absolute atomic E-state index is 12.5. The third kappa shape index (κ3) is 5.13. The van der Waals surface area contributed by atoms with Gasteiger partial charge in [-0.3, -0.25) is 9.59 Å². The Hall–Kier alpha value is -1.49. The van der Waals surface area contributed by atoms with E-state index in [4.69, 9.17) is 4.74 Å². The molecule has 1 aromatic rings. The van der Waals surface area contributed by atoms with Gasteiger partial charge < -0.3 is 15.2 Å². The predicted octanol–water partition coefficient (Wildman–Crippen LogP) is 1.72. The summed E-state index contributed by atoms with van der Waals surface area (Å²) in [6.07, 6.45) is 6.68. The predicted molar refractivity (Wildman–Crippen MR) is 115 cm³/mol. The van der Waals surface area contributed by atoms with Crippen molar-refractivity contribution < 1.29 is 27.9 Å². The lowest BCUT2D eigenvalue weighted by Gasteiger charge is -2.56. The SMILES string of the molecule is O=C(COC(=O)[C@@H](CO)NS(=O)(=O)c1ccc(Br)cc1)NC12CC3CC(CC(C3)C1)C2. The highest BCUT2D eigenvalue weighted by molar-refractivity contribution is 9.10. The van der Waals surface area contributed by atoms with Crippen LogP contribution in [-0.4, -0.2) is 50.2 Å². The van der Waals surface area contributed by atoms with Gasteiger partial charge in [-0.2, -0.15) is 4.72 Å². The number of ether oxygens (including phenoxy) is 1. The third-order valence-electron chi connectivity index (χ3n) is 6.68. The molecule has 4 saturated carbocycles. The lowest BCUT2D eigenvalue weighted by Crippen LogP contribution is -2.60. The summed E-state index contributed by atoms with van der Waals surface area (Å²) in [5.74, 6) is 0.620.